The average molecular weight is 401 g/mol. The molecule has 8 heteroatoms. The van der Waals surface area contributed by atoms with Crippen LogP contribution < -0.4 is 10.1 Å². The number of carbonyl (C=O) groups excluding carboxylic acids is 3. The minimum absolute atomic E-state index is 0.00441. The number of nitrogens with zero attached hydrogens (tertiary/aromatic N) is 1. The minimum Gasteiger partial charge on any atom is -0.494 e. The number of piperidine rings is 1. The zero-order valence-electron chi connectivity index (χ0n) is 14.8. The number of carbonyl (C=O) groups is 3. The first kappa shape index (κ1) is 20.5. The lowest BCUT2D eigenvalue weighted by molar-refractivity contribution is -0.125. The first-order chi connectivity index (χ1) is 12.3. The van der Waals surface area contributed by atoms with E-state index in [1.807, 2.05) is 0 Å². The van der Waals surface area contributed by atoms with Crippen LogP contribution in [0.4, 0.5) is 0 Å². The Morgan fingerprint density at radius 2 is 1.77 bits per heavy atom. The van der Waals surface area contributed by atoms with Crippen molar-refractivity contribution in [2.45, 2.75) is 38.6 Å². The van der Waals surface area contributed by atoms with E-state index in [4.69, 9.17) is 27.9 Å². The number of benzene rings is 1. The summed E-state index contributed by atoms with van der Waals surface area (Å²) >= 11 is 12.3. The van der Waals surface area contributed by atoms with Crippen LogP contribution in [0.3, 0.4) is 0 Å². The molecule has 2 amide bonds. The van der Waals surface area contributed by atoms with Crippen LogP contribution in [0.25, 0.3) is 0 Å². The molecular formula is C18H22Cl2N2O4. The number of likely N-dealkylation sites (tertiary alicyclic amines) is 1. The monoisotopic (exact) mass is 400 g/mol. The van der Waals surface area contributed by atoms with E-state index in [0.717, 1.165) is 0 Å². The normalized spacial score (nSPS) is 14.8. The maximum atomic E-state index is 12.8. The van der Waals surface area contributed by atoms with Gasteiger partial charge < -0.3 is 19.7 Å². The van der Waals surface area contributed by atoms with Gasteiger partial charge in [-0.3, -0.25) is 9.59 Å². The number of ether oxygens (including phenoxy) is 1. The van der Waals surface area contributed by atoms with Gasteiger partial charge in [0, 0.05) is 32.0 Å². The van der Waals surface area contributed by atoms with Crippen molar-refractivity contribution in [3.63, 3.8) is 0 Å². The van der Waals surface area contributed by atoms with Gasteiger partial charge in [0.25, 0.3) is 5.91 Å². The predicted molar refractivity (Wildman–Crippen MR) is 100.0 cm³/mol. The van der Waals surface area contributed by atoms with Gasteiger partial charge in [-0.05, 0) is 31.9 Å². The number of hydrogen-bond acceptors (Lipinski definition) is 4. The maximum Gasteiger partial charge on any atom is 0.259 e. The molecule has 1 aliphatic heterocycles. The molecule has 0 aliphatic carbocycles. The summed E-state index contributed by atoms with van der Waals surface area (Å²) in [5, 5.41) is 3.53. The highest BCUT2D eigenvalue weighted by molar-refractivity contribution is 6.37. The van der Waals surface area contributed by atoms with Gasteiger partial charge in [0.1, 0.15) is 11.3 Å². The molecule has 0 spiro atoms. The van der Waals surface area contributed by atoms with E-state index in [-0.39, 0.29) is 52.8 Å². The summed E-state index contributed by atoms with van der Waals surface area (Å²) in [6, 6.07) is 3.15. The number of hydrogen-bond donors (Lipinski definition) is 1. The highest BCUT2D eigenvalue weighted by Gasteiger charge is 2.28. The van der Waals surface area contributed by atoms with Crippen LogP contribution in [-0.2, 0) is 9.59 Å². The smallest absolute Gasteiger partial charge is 0.259 e. The lowest BCUT2D eigenvalue weighted by atomic mass is 10.0. The van der Waals surface area contributed by atoms with Crippen LogP contribution in [0.1, 0.15) is 43.0 Å². The molecular weight excluding hydrogens is 379 g/mol. The van der Waals surface area contributed by atoms with E-state index >= 15 is 0 Å². The summed E-state index contributed by atoms with van der Waals surface area (Å²) in [7, 11) is 1.44. The number of Topliss-reactive ketones (excluding diaryl/α,β-unsaturated/α-hetero) is 1. The lowest BCUT2D eigenvalue weighted by Gasteiger charge is -2.33. The Balaban J connectivity index is 1.96. The molecule has 0 atom stereocenters. The third-order valence-electron chi connectivity index (χ3n) is 4.33. The van der Waals surface area contributed by atoms with Gasteiger partial charge in [-0.2, -0.15) is 0 Å². The van der Waals surface area contributed by atoms with Crippen LogP contribution in [0.15, 0.2) is 12.1 Å². The van der Waals surface area contributed by atoms with E-state index in [0.29, 0.717) is 31.0 Å². The summed E-state index contributed by atoms with van der Waals surface area (Å²) in [5.41, 5.74) is 0.255. The van der Waals surface area contributed by atoms with Gasteiger partial charge in [-0.1, -0.05) is 23.2 Å². The molecule has 0 unspecified atom stereocenters. The summed E-state index contributed by atoms with van der Waals surface area (Å²) < 4.78 is 5.24. The molecule has 1 saturated heterocycles. The highest BCUT2D eigenvalue weighted by atomic mass is 35.5. The number of nitrogens with one attached hydrogen (secondary N) is 1. The van der Waals surface area contributed by atoms with Crippen molar-refractivity contribution < 1.29 is 19.1 Å². The quantitative estimate of drug-likeness (QED) is 0.795. The molecule has 1 heterocycles. The Morgan fingerprint density at radius 3 is 2.35 bits per heavy atom. The lowest BCUT2D eigenvalue weighted by Crippen LogP contribution is -2.46. The van der Waals surface area contributed by atoms with Gasteiger partial charge in [-0.15, -0.1) is 0 Å². The number of methoxy groups -OCH3 is 1. The third-order valence-corrected chi connectivity index (χ3v) is 4.94. The Morgan fingerprint density at radius 1 is 1.15 bits per heavy atom. The fourth-order valence-corrected chi connectivity index (χ4v) is 3.37. The summed E-state index contributed by atoms with van der Waals surface area (Å²) in [5.74, 6) is -0.114. The molecule has 1 N–H and O–H groups in total. The van der Waals surface area contributed by atoms with Crippen LogP contribution in [0.2, 0.25) is 10.0 Å². The highest BCUT2D eigenvalue weighted by Crippen LogP contribution is 2.35. The molecule has 1 fully saturated rings. The van der Waals surface area contributed by atoms with Crippen LogP contribution >= 0.6 is 23.2 Å². The van der Waals surface area contributed by atoms with Crippen molar-refractivity contribution in [1.29, 1.82) is 0 Å². The molecule has 1 aromatic rings. The molecule has 26 heavy (non-hydrogen) atoms. The Labute approximate surface area is 162 Å². The first-order valence-corrected chi connectivity index (χ1v) is 9.19. The van der Waals surface area contributed by atoms with E-state index in [1.54, 1.807) is 17.0 Å². The number of halogens is 2. The van der Waals surface area contributed by atoms with Gasteiger partial charge >= 0.3 is 0 Å². The molecule has 0 saturated carbocycles. The van der Waals surface area contributed by atoms with Crippen molar-refractivity contribution in [3.8, 4) is 5.75 Å². The molecule has 0 aromatic heterocycles. The van der Waals surface area contributed by atoms with E-state index in [9.17, 15) is 14.4 Å². The summed E-state index contributed by atoms with van der Waals surface area (Å²) in [4.78, 5) is 37.3. The van der Waals surface area contributed by atoms with E-state index in [1.165, 1.54) is 14.0 Å². The molecule has 6 nitrogen and oxygen atoms in total. The van der Waals surface area contributed by atoms with Gasteiger partial charge in [-0.25, -0.2) is 0 Å². The van der Waals surface area contributed by atoms with Gasteiger partial charge in [0.15, 0.2) is 5.75 Å². The molecule has 1 aromatic carbocycles. The first-order valence-electron chi connectivity index (χ1n) is 8.43. The zero-order valence-corrected chi connectivity index (χ0v) is 16.3. The molecule has 1 aliphatic rings. The molecule has 0 radical (unpaired) electrons. The Kier molecular flexibility index (Phi) is 7.29. The maximum absolute atomic E-state index is 12.8. The third kappa shape index (κ3) is 5.11. The molecule has 2 rings (SSSR count). The molecule has 142 valence electrons. The van der Waals surface area contributed by atoms with Crippen molar-refractivity contribution in [1.82, 2.24) is 10.2 Å². The van der Waals surface area contributed by atoms with Crippen LogP contribution in [0, 0.1) is 0 Å². The van der Waals surface area contributed by atoms with E-state index < -0.39 is 0 Å². The fraction of sp³-hybridized carbons (Fsp3) is 0.500. The second-order valence-corrected chi connectivity index (χ2v) is 7.09. The van der Waals surface area contributed by atoms with Crippen molar-refractivity contribution in [2.24, 2.45) is 0 Å². The molecule has 0 bridgehead atoms. The summed E-state index contributed by atoms with van der Waals surface area (Å²) in [6.07, 6.45) is 1.72. The fourth-order valence-electron chi connectivity index (χ4n) is 2.91. The predicted octanol–water partition coefficient (Wildman–Crippen LogP) is 3.09. The average Bonchev–Trinajstić information content (AvgIpc) is 2.61. The minimum atomic E-state index is -0.240. The SMILES string of the molecule is COc1c(Cl)ccc(Cl)c1C(=O)N1CCC(NC(=O)CCC(C)=O)CC1. The van der Waals surface area contributed by atoms with Crippen molar-refractivity contribution >= 4 is 40.8 Å². The van der Waals surface area contributed by atoms with Gasteiger partial charge in [0.05, 0.1) is 17.2 Å². The standard InChI is InChI=1S/C18H22Cl2N2O4/c1-11(23)3-6-15(24)21-12-7-9-22(10-8-12)18(25)16-13(19)4-5-14(20)17(16)26-2/h4-5,12H,3,6-10H2,1-2H3,(H,21,24). The zero-order chi connectivity index (χ0) is 19.3. The van der Waals surface area contributed by atoms with Crippen molar-refractivity contribution in [3.05, 3.63) is 27.7 Å². The second kappa shape index (κ2) is 9.24. The van der Waals surface area contributed by atoms with Crippen LogP contribution in [0.5, 0.6) is 5.75 Å². The number of rotatable bonds is 6. The second-order valence-electron chi connectivity index (χ2n) is 6.27. The summed E-state index contributed by atoms with van der Waals surface area (Å²) in [6.45, 7) is 2.44. The van der Waals surface area contributed by atoms with Gasteiger partial charge in [0.2, 0.25) is 5.91 Å². The van der Waals surface area contributed by atoms with E-state index in [2.05, 4.69) is 5.32 Å². The Bertz CT molecular complexity index is 701. The largest absolute Gasteiger partial charge is 0.494 e. The number of ketones is 1. The Hall–Kier alpha value is -1.79. The van der Waals surface area contributed by atoms with Crippen LogP contribution in [-0.4, -0.2) is 48.7 Å². The topological polar surface area (TPSA) is 75.7 Å². The van der Waals surface area contributed by atoms with Crippen molar-refractivity contribution in [2.75, 3.05) is 20.2 Å². The number of amides is 2.